The highest BCUT2D eigenvalue weighted by molar-refractivity contribution is 5.37. The Balaban J connectivity index is 3.03. The van der Waals surface area contributed by atoms with Crippen molar-refractivity contribution in [1.29, 1.82) is 0 Å². The fourth-order valence-corrected chi connectivity index (χ4v) is 0.630. The lowest BCUT2D eigenvalue weighted by Gasteiger charge is -2.08. The summed E-state index contributed by atoms with van der Waals surface area (Å²) in [6.45, 7) is 5.62. The molecule has 0 amide bonds. The van der Waals surface area contributed by atoms with Crippen molar-refractivity contribution < 1.29 is 14.3 Å². The summed E-state index contributed by atoms with van der Waals surface area (Å²) in [5.74, 6) is 0. The first-order chi connectivity index (χ1) is 5.31. The van der Waals surface area contributed by atoms with Crippen LogP contribution in [0, 0.1) is 0 Å². The summed E-state index contributed by atoms with van der Waals surface area (Å²) in [4.78, 5) is 9.83. The lowest BCUT2D eigenvalue weighted by atomic mass is 10.3. The molecule has 0 aromatic rings. The molecule has 0 aromatic carbocycles. The second kappa shape index (κ2) is 7.54. The highest BCUT2D eigenvalue weighted by atomic mass is 16.6. The third-order valence-corrected chi connectivity index (χ3v) is 1.28. The number of hydrogen-bond donors (Lipinski definition) is 0. The Morgan fingerprint density at radius 2 is 2.27 bits per heavy atom. The van der Waals surface area contributed by atoms with E-state index in [2.05, 4.69) is 11.7 Å². The Morgan fingerprint density at radius 1 is 1.55 bits per heavy atom. The molecular weight excluding hydrogens is 144 g/mol. The molecule has 0 heterocycles. The van der Waals surface area contributed by atoms with Gasteiger partial charge in [0, 0.05) is 6.61 Å². The molecule has 0 bridgehead atoms. The number of hydrogen-bond acceptors (Lipinski definition) is 3. The first-order valence-corrected chi connectivity index (χ1v) is 3.98. The molecule has 3 nitrogen and oxygen atoms in total. The van der Waals surface area contributed by atoms with Crippen LogP contribution in [0.25, 0.3) is 0 Å². The van der Waals surface area contributed by atoms with Crippen LogP contribution in [-0.4, -0.2) is 25.8 Å². The van der Waals surface area contributed by atoms with Crippen molar-refractivity contribution >= 4 is 6.47 Å². The van der Waals surface area contributed by atoms with Gasteiger partial charge in [0.1, 0.15) is 6.10 Å². The van der Waals surface area contributed by atoms with Crippen molar-refractivity contribution in [3.8, 4) is 0 Å². The summed E-state index contributed by atoms with van der Waals surface area (Å²) in [6.07, 6.45) is 2.07. The highest BCUT2D eigenvalue weighted by Crippen LogP contribution is 1.92. The summed E-state index contributed by atoms with van der Waals surface area (Å²) < 4.78 is 9.82. The van der Waals surface area contributed by atoms with Gasteiger partial charge in [0.2, 0.25) is 0 Å². The van der Waals surface area contributed by atoms with Crippen LogP contribution in [0.4, 0.5) is 0 Å². The number of ether oxygens (including phenoxy) is 2. The molecule has 3 heteroatoms. The lowest BCUT2D eigenvalue weighted by molar-refractivity contribution is -0.135. The molecule has 0 aliphatic rings. The molecule has 0 N–H and O–H groups in total. The molecule has 0 aliphatic heterocycles. The van der Waals surface area contributed by atoms with Gasteiger partial charge in [-0.2, -0.15) is 0 Å². The van der Waals surface area contributed by atoms with Crippen molar-refractivity contribution in [2.75, 3.05) is 13.2 Å². The molecule has 1 unspecified atom stereocenters. The smallest absolute Gasteiger partial charge is 0.293 e. The fourth-order valence-electron chi connectivity index (χ4n) is 0.630. The quantitative estimate of drug-likeness (QED) is 0.416. The Bertz CT molecular complexity index is 93.3. The molecule has 0 rings (SSSR count). The van der Waals surface area contributed by atoms with Crippen LogP contribution >= 0.6 is 0 Å². The summed E-state index contributed by atoms with van der Waals surface area (Å²) in [6, 6.07) is 0. The first-order valence-electron chi connectivity index (χ1n) is 3.98. The minimum atomic E-state index is -0.121. The van der Waals surface area contributed by atoms with E-state index in [-0.39, 0.29) is 6.10 Å². The van der Waals surface area contributed by atoms with Gasteiger partial charge in [-0.1, -0.05) is 13.3 Å². The van der Waals surface area contributed by atoms with Gasteiger partial charge < -0.3 is 9.47 Å². The number of rotatable bonds is 7. The Morgan fingerprint density at radius 3 is 2.82 bits per heavy atom. The molecule has 0 radical (unpaired) electrons. The maximum atomic E-state index is 9.83. The molecule has 0 aliphatic carbocycles. The average molecular weight is 160 g/mol. The van der Waals surface area contributed by atoms with Crippen molar-refractivity contribution in [2.24, 2.45) is 0 Å². The molecule has 0 fully saturated rings. The van der Waals surface area contributed by atoms with Gasteiger partial charge in [-0.3, -0.25) is 4.79 Å². The zero-order valence-corrected chi connectivity index (χ0v) is 7.21. The first kappa shape index (κ1) is 10.4. The topological polar surface area (TPSA) is 35.5 Å². The lowest BCUT2D eigenvalue weighted by Crippen LogP contribution is -2.15. The minimum Gasteiger partial charge on any atom is -0.462 e. The van der Waals surface area contributed by atoms with Crippen LogP contribution in [0.15, 0.2) is 0 Å². The second-order valence-corrected chi connectivity index (χ2v) is 2.47. The van der Waals surface area contributed by atoms with E-state index < -0.39 is 0 Å². The van der Waals surface area contributed by atoms with E-state index in [1.54, 1.807) is 6.92 Å². The monoisotopic (exact) mass is 160 g/mol. The van der Waals surface area contributed by atoms with Crippen LogP contribution in [0.5, 0.6) is 0 Å². The molecular formula is C8H16O3. The molecule has 0 saturated heterocycles. The van der Waals surface area contributed by atoms with E-state index in [4.69, 9.17) is 4.74 Å². The minimum absolute atomic E-state index is 0.121. The van der Waals surface area contributed by atoms with Gasteiger partial charge >= 0.3 is 0 Å². The van der Waals surface area contributed by atoms with Crippen LogP contribution in [0.1, 0.15) is 26.7 Å². The Hall–Kier alpha value is -0.570. The molecule has 0 saturated carbocycles. The molecule has 11 heavy (non-hydrogen) atoms. The largest absolute Gasteiger partial charge is 0.462 e. The van der Waals surface area contributed by atoms with Gasteiger partial charge in [-0.05, 0) is 13.3 Å². The van der Waals surface area contributed by atoms with Gasteiger partial charge in [-0.15, -0.1) is 0 Å². The zero-order valence-electron chi connectivity index (χ0n) is 7.21. The third-order valence-electron chi connectivity index (χ3n) is 1.28. The van der Waals surface area contributed by atoms with E-state index in [1.165, 1.54) is 0 Å². The summed E-state index contributed by atoms with van der Waals surface area (Å²) in [5.41, 5.74) is 0. The standard InChI is InChI=1S/C8H16O3/c1-3-4-5-10-6-8(2)11-7-9/h7-8H,3-6H2,1-2H3. The second-order valence-electron chi connectivity index (χ2n) is 2.47. The maximum absolute atomic E-state index is 9.83. The van der Waals surface area contributed by atoms with E-state index in [0.29, 0.717) is 13.1 Å². The van der Waals surface area contributed by atoms with Gasteiger partial charge in [0.05, 0.1) is 6.61 Å². The van der Waals surface area contributed by atoms with Crippen molar-refractivity contribution in [2.45, 2.75) is 32.8 Å². The van der Waals surface area contributed by atoms with Crippen LogP contribution in [0.3, 0.4) is 0 Å². The van der Waals surface area contributed by atoms with E-state index in [0.717, 1.165) is 19.4 Å². The highest BCUT2D eigenvalue weighted by Gasteiger charge is 1.99. The van der Waals surface area contributed by atoms with Crippen LogP contribution in [0.2, 0.25) is 0 Å². The zero-order chi connectivity index (χ0) is 8.53. The van der Waals surface area contributed by atoms with Crippen LogP contribution in [-0.2, 0) is 14.3 Å². The number of unbranched alkanes of at least 4 members (excludes halogenated alkanes) is 1. The average Bonchev–Trinajstić information content (AvgIpc) is 1.99. The van der Waals surface area contributed by atoms with Crippen molar-refractivity contribution in [3.05, 3.63) is 0 Å². The normalized spacial score (nSPS) is 12.5. The van der Waals surface area contributed by atoms with E-state index in [9.17, 15) is 4.79 Å². The third kappa shape index (κ3) is 7.33. The molecule has 0 aromatic heterocycles. The maximum Gasteiger partial charge on any atom is 0.293 e. The molecule has 0 spiro atoms. The Kier molecular flexibility index (Phi) is 7.15. The SMILES string of the molecule is CCCCOCC(C)OC=O. The summed E-state index contributed by atoms with van der Waals surface area (Å²) >= 11 is 0. The fraction of sp³-hybridized carbons (Fsp3) is 0.875. The summed E-state index contributed by atoms with van der Waals surface area (Å²) in [5, 5.41) is 0. The van der Waals surface area contributed by atoms with Crippen LogP contribution < -0.4 is 0 Å². The number of carbonyl (C=O) groups is 1. The van der Waals surface area contributed by atoms with Gasteiger partial charge in [0.25, 0.3) is 6.47 Å². The Labute approximate surface area is 67.7 Å². The summed E-state index contributed by atoms with van der Waals surface area (Å²) in [7, 11) is 0. The van der Waals surface area contributed by atoms with E-state index >= 15 is 0 Å². The van der Waals surface area contributed by atoms with Gasteiger partial charge in [0.15, 0.2) is 0 Å². The van der Waals surface area contributed by atoms with E-state index in [1.807, 2.05) is 0 Å². The van der Waals surface area contributed by atoms with Gasteiger partial charge in [-0.25, -0.2) is 0 Å². The van der Waals surface area contributed by atoms with Crippen molar-refractivity contribution in [3.63, 3.8) is 0 Å². The predicted molar refractivity (Wildman–Crippen MR) is 42.3 cm³/mol. The van der Waals surface area contributed by atoms with Crippen molar-refractivity contribution in [1.82, 2.24) is 0 Å². The molecule has 66 valence electrons. The number of carbonyl (C=O) groups excluding carboxylic acids is 1. The molecule has 1 atom stereocenters. The predicted octanol–water partition coefficient (Wildman–Crippen LogP) is 1.36.